The van der Waals surface area contributed by atoms with Crippen LogP contribution in [0.2, 0.25) is 0 Å². The normalized spacial score (nSPS) is 12.9. The van der Waals surface area contributed by atoms with Gasteiger partial charge in [0.15, 0.2) is 0 Å². The zero-order valence-electron chi connectivity index (χ0n) is 11.1. The fourth-order valence-corrected chi connectivity index (χ4v) is 1.87. The topological polar surface area (TPSA) is 64.9 Å². The molecular formula is C14H18FN3O. The molecule has 0 aliphatic carbocycles. The molecule has 0 saturated carbocycles. The lowest BCUT2D eigenvalue weighted by molar-refractivity contribution is 0.387. The van der Waals surface area contributed by atoms with E-state index in [-0.39, 0.29) is 11.9 Å². The van der Waals surface area contributed by atoms with Crippen molar-refractivity contribution in [2.45, 2.75) is 32.7 Å². The van der Waals surface area contributed by atoms with Crippen LogP contribution >= 0.6 is 0 Å². The minimum atomic E-state index is -0.256. The molecule has 0 spiro atoms. The molecule has 19 heavy (non-hydrogen) atoms. The second-order valence-corrected chi connectivity index (χ2v) is 5.07. The number of rotatable bonds is 5. The van der Waals surface area contributed by atoms with Crippen molar-refractivity contribution in [3.05, 3.63) is 47.4 Å². The molecule has 1 unspecified atom stereocenters. The molecule has 0 aliphatic rings. The van der Waals surface area contributed by atoms with Gasteiger partial charge in [0.1, 0.15) is 5.82 Å². The van der Waals surface area contributed by atoms with Crippen LogP contribution in [0.4, 0.5) is 4.39 Å². The zero-order valence-corrected chi connectivity index (χ0v) is 11.1. The Morgan fingerprint density at radius 2 is 1.89 bits per heavy atom. The quantitative estimate of drug-likeness (QED) is 0.900. The summed E-state index contributed by atoms with van der Waals surface area (Å²) in [7, 11) is 0. The molecule has 2 N–H and O–H groups in total. The second-order valence-electron chi connectivity index (χ2n) is 5.07. The summed E-state index contributed by atoms with van der Waals surface area (Å²) >= 11 is 0. The largest absolute Gasteiger partial charge is 0.423 e. The highest BCUT2D eigenvalue weighted by Gasteiger charge is 2.15. The van der Waals surface area contributed by atoms with E-state index in [1.165, 1.54) is 12.1 Å². The monoisotopic (exact) mass is 263 g/mol. The summed E-state index contributed by atoms with van der Waals surface area (Å²) in [4.78, 5) is 0. The van der Waals surface area contributed by atoms with Crippen molar-refractivity contribution in [3.8, 4) is 0 Å². The molecule has 102 valence electrons. The lowest BCUT2D eigenvalue weighted by Crippen LogP contribution is -2.13. The van der Waals surface area contributed by atoms with Gasteiger partial charge in [-0.2, -0.15) is 0 Å². The van der Waals surface area contributed by atoms with E-state index in [9.17, 15) is 4.39 Å². The van der Waals surface area contributed by atoms with Gasteiger partial charge in [-0.1, -0.05) is 26.0 Å². The standard InChI is InChI=1S/C14H18FN3O/c1-9(2)7-12(16)14-18-17-13(19-14)8-10-3-5-11(15)6-4-10/h3-6,9,12H,7-8,16H2,1-2H3. The number of nitrogens with two attached hydrogens (primary N) is 1. The molecule has 1 atom stereocenters. The van der Waals surface area contributed by atoms with Crippen LogP contribution in [0.5, 0.6) is 0 Å². The van der Waals surface area contributed by atoms with Crippen molar-refractivity contribution in [3.63, 3.8) is 0 Å². The van der Waals surface area contributed by atoms with Crippen LogP contribution in [-0.2, 0) is 6.42 Å². The van der Waals surface area contributed by atoms with Crippen LogP contribution in [0.25, 0.3) is 0 Å². The molecule has 4 nitrogen and oxygen atoms in total. The SMILES string of the molecule is CC(C)CC(N)c1nnc(Cc2ccc(F)cc2)o1. The molecule has 1 aromatic heterocycles. The number of benzene rings is 1. The van der Waals surface area contributed by atoms with Crippen molar-refractivity contribution >= 4 is 0 Å². The molecule has 0 fully saturated rings. The van der Waals surface area contributed by atoms with E-state index in [0.29, 0.717) is 24.1 Å². The van der Waals surface area contributed by atoms with Crippen molar-refractivity contribution < 1.29 is 8.81 Å². The Kier molecular flexibility index (Phi) is 4.27. The maximum atomic E-state index is 12.8. The van der Waals surface area contributed by atoms with Gasteiger partial charge in [0.2, 0.25) is 11.8 Å². The van der Waals surface area contributed by atoms with E-state index in [2.05, 4.69) is 24.0 Å². The van der Waals surface area contributed by atoms with Gasteiger partial charge in [0, 0.05) is 0 Å². The van der Waals surface area contributed by atoms with Crippen LogP contribution in [0.1, 0.15) is 43.7 Å². The molecule has 2 rings (SSSR count). The zero-order chi connectivity index (χ0) is 13.8. The van der Waals surface area contributed by atoms with E-state index >= 15 is 0 Å². The van der Waals surface area contributed by atoms with Crippen molar-refractivity contribution in [1.82, 2.24) is 10.2 Å². The third-order valence-electron chi connectivity index (χ3n) is 2.79. The molecular weight excluding hydrogens is 245 g/mol. The fourth-order valence-electron chi connectivity index (χ4n) is 1.87. The number of nitrogens with zero attached hydrogens (tertiary/aromatic N) is 2. The molecule has 5 heteroatoms. The van der Waals surface area contributed by atoms with Crippen molar-refractivity contribution in [1.29, 1.82) is 0 Å². The summed E-state index contributed by atoms with van der Waals surface area (Å²) in [6.45, 7) is 4.19. The van der Waals surface area contributed by atoms with E-state index in [0.717, 1.165) is 12.0 Å². The van der Waals surface area contributed by atoms with Gasteiger partial charge in [0.05, 0.1) is 12.5 Å². The minimum Gasteiger partial charge on any atom is -0.423 e. The Hall–Kier alpha value is -1.75. The predicted molar refractivity (Wildman–Crippen MR) is 69.9 cm³/mol. The lowest BCUT2D eigenvalue weighted by atomic mass is 10.0. The number of aromatic nitrogens is 2. The highest BCUT2D eigenvalue weighted by atomic mass is 19.1. The molecule has 0 bridgehead atoms. The number of hydrogen-bond donors (Lipinski definition) is 1. The Balaban J connectivity index is 2.02. The van der Waals surface area contributed by atoms with Crippen LogP contribution in [-0.4, -0.2) is 10.2 Å². The Morgan fingerprint density at radius 1 is 1.21 bits per heavy atom. The Morgan fingerprint density at radius 3 is 2.53 bits per heavy atom. The number of halogens is 1. The van der Waals surface area contributed by atoms with Gasteiger partial charge < -0.3 is 10.2 Å². The summed E-state index contributed by atoms with van der Waals surface area (Å²) in [6, 6.07) is 6.00. The van der Waals surface area contributed by atoms with Crippen LogP contribution < -0.4 is 5.73 Å². The fraction of sp³-hybridized carbons (Fsp3) is 0.429. The van der Waals surface area contributed by atoms with Crippen LogP contribution in [0, 0.1) is 11.7 Å². The molecule has 0 amide bonds. The molecule has 0 saturated heterocycles. The second kappa shape index (κ2) is 5.93. The smallest absolute Gasteiger partial charge is 0.233 e. The van der Waals surface area contributed by atoms with Crippen LogP contribution in [0.3, 0.4) is 0 Å². The van der Waals surface area contributed by atoms with Gasteiger partial charge >= 0.3 is 0 Å². The first kappa shape index (κ1) is 13.7. The van der Waals surface area contributed by atoms with Gasteiger partial charge in [-0.3, -0.25) is 0 Å². The van der Waals surface area contributed by atoms with E-state index in [1.807, 2.05) is 0 Å². The first-order valence-electron chi connectivity index (χ1n) is 6.37. The first-order valence-corrected chi connectivity index (χ1v) is 6.37. The summed E-state index contributed by atoms with van der Waals surface area (Å²) in [5, 5.41) is 7.94. The molecule has 0 aliphatic heterocycles. The lowest BCUT2D eigenvalue weighted by Gasteiger charge is -2.08. The van der Waals surface area contributed by atoms with E-state index < -0.39 is 0 Å². The average Bonchev–Trinajstić information content (AvgIpc) is 2.80. The summed E-state index contributed by atoms with van der Waals surface area (Å²) in [6.07, 6.45) is 1.29. The predicted octanol–water partition coefficient (Wildman–Crippen LogP) is 2.85. The molecule has 2 aromatic rings. The van der Waals surface area contributed by atoms with E-state index in [4.69, 9.17) is 10.2 Å². The van der Waals surface area contributed by atoms with Gasteiger partial charge in [0.25, 0.3) is 0 Å². The number of hydrogen-bond acceptors (Lipinski definition) is 4. The summed E-state index contributed by atoms with van der Waals surface area (Å²) in [5.41, 5.74) is 6.90. The Labute approximate surface area is 111 Å². The first-order chi connectivity index (χ1) is 9.04. The van der Waals surface area contributed by atoms with E-state index in [1.54, 1.807) is 12.1 Å². The molecule has 1 heterocycles. The summed E-state index contributed by atoms with van der Waals surface area (Å²) < 4.78 is 18.3. The third kappa shape index (κ3) is 3.86. The third-order valence-corrected chi connectivity index (χ3v) is 2.79. The van der Waals surface area contributed by atoms with Gasteiger partial charge in [-0.15, -0.1) is 10.2 Å². The molecule has 0 radical (unpaired) electrons. The summed E-state index contributed by atoms with van der Waals surface area (Å²) in [5.74, 6) is 1.18. The minimum absolute atomic E-state index is 0.227. The van der Waals surface area contributed by atoms with Gasteiger partial charge in [-0.05, 0) is 30.0 Å². The maximum Gasteiger partial charge on any atom is 0.233 e. The highest BCUT2D eigenvalue weighted by Crippen LogP contribution is 2.18. The maximum absolute atomic E-state index is 12.8. The Bertz CT molecular complexity index is 522. The van der Waals surface area contributed by atoms with Crippen molar-refractivity contribution in [2.75, 3.05) is 0 Å². The molecule has 1 aromatic carbocycles. The van der Waals surface area contributed by atoms with Gasteiger partial charge in [-0.25, -0.2) is 4.39 Å². The average molecular weight is 263 g/mol. The van der Waals surface area contributed by atoms with Crippen molar-refractivity contribution in [2.24, 2.45) is 11.7 Å². The highest BCUT2D eigenvalue weighted by molar-refractivity contribution is 5.18. The van der Waals surface area contributed by atoms with Crippen LogP contribution in [0.15, 0.2) is 28.7 Å².